The molecule has 0 fully saturated rings. The topological polar surface area (TPSA) is 61.5 Å². The van der Waals surface area contributed by atoms with Crippen LogP contribution in [0.4, 0.5) is 0 Å². The van der Waals surface area contributed by atoms with Crippen molar-refractivity contribution in [2.75, 3.05) is 7.11 Å². The maximum absolute atomic E-state index is 11.1. The lowest BCUT2D eigenvalue weighted by molar-refractivity contribution is -0.147. The van der Waals surface area contributed by atoms with Crippen molar-refractivity contribution in [1.29, 1.82) is 0 Å². The van der Waals surface area contributed by atoms with Crippen molar-refractivity contribution in [2.45, 2.75) is 19.6 Å². The second kappa shape index (κ2) is 7.09. The quantitative estimate of drug-likeness (QED) is 0.817. The van der Waals surface area contributed by atoms with Gasteiger partial charge < -0.3 is 15.2 Å². The van der Waals surface area contributed by atoms with Gasteiger partial charge >= 0.3 is 5.97 Å². The fraction of sp³-hybridized carbons (Fsp3) is 0.364. The third-order valence-electron chi connectivity index (χ3n) is 2.01. The highest BCUT2D eigenvalue weighted by Gasteiger charge is 2.14. The molecule has 1 unspecified atom stereocenters. The zero-order chi connectivity index (χ0) is 11.3. The third-order valence-corrected chi connectivity index (χ3v) is 2.01. The van der Waals surface area contributed by atoms with Crippen LogP contribution in [-0.4, -0.2) is 19.2 Å². The van der Waals surface area contributed by atoms with E-state index in [0.717, 1.165) is 5.56 Å². The van der Waals surface area contributed by atoms with Crippen molar-refractivity contribution in [3.8, 4) is 5.75 Å². The summed E-state index contributed by atoms with van der Waals surface area (Å²) in [7, 11) is 1.33. The van der Waals surface area contributed by atoms with Crippen LogP contribution in [0.1, 0.15) is 12.5 Å². The summed E-state index contributed by atoms with van der Waals surface area (Å²) in [6.45, 7) is 2.13. The number of carbonyl (C=O) groups is 1. The van der Waals surface area contributed by atoms with Gasteiger partial charge in [0, 0.05) is 6.54 Å². The van der Waals surface area contributed by atoms with Gasteiger partial charge in [-0.15, -0.1) is 12.4 Å². The summed E-state index contributed by atoms with van der Waals surface area (Å²) in [5.74, 6) is 0.239. The molecule has 90 valence electrons. The maximum Gasteiger partial charge on any atom is 0.346 e. The van der Waals surface area contributed by atoms with Gasteiger partial charge in [-0.05, 0) is 24.6 Å². The number of benzene rings is 1. The van der Waals surface area contributed by atoms with Crippen molar-refractivity contribution in [2.24, 2.45) is 5.73 Å². The zero-order valence-corrected chi connectivity index (χ0v) is 10.1. The van der Waals surface area contributed by atoms with Gasteiger partial charge in [0.05, 0.1) is 7.11 Å². The van der Waals surface area contributed by atoms with Gasteiger partial charge in [0.25, 0.3) is 0 Å². The average molecular weight is 246 g/mol. The molecule has 0 radical (unpaired) electrons. The van der Waals surface area contributed by atoms with Crippen LogP contribution in [0.5, 0.6) is 5.75 Å². The molecule has 0 aromatic heterocycles. The van der Waals surface area contributed by atoms with Crippen LogP contribution in [-0.2, 0) is 16.1 Å². The lowest BCUT2D eigenvalue weighted by Gasteiger charge is -2.12. The molecule has 5 heteroatoms. The van der Waals surface area contributed by atoms with E-state index in [9.17, 15) is 4.79 Å². The van der Waals surface area contributed by atoms with Crippen LogP contribution in [0.3, 0.4) is 0 Å². The minimum absolute atomic E-state index is 0. The Kier molecular flexibility index (Phi) is 6.53. The largest absolute Gasteiger partial charge is 0.479 e. The monoisotopic (exact) mass is 245 g/mol. The highest BCUT2D eigenvalue weighted by atomic mass is 35.5. The summed E-state index contributed by atoms with van der Waals surface area (Å²) in [5.41, 5.74) is 6.48. The minimum Gasteiger partial charge on any atom is -0.479 e. The average Bonchev–Trinajstić information content (AvgIpc) is 2.29. The van der Waals surface area contributed by atoms with E-state index in [1.807, 2.05) is 12.1 Å². The molecular weight excluding hydrogens is 230 g/mol. The Bertz CT molecular complexity index is 327. The Balaban J connectivity index is 0.00000225. The lowest BCUT2D eigenvalue weighted by Crippen LogP contribution is -2.24. The van der Waals surface area contributed by atoms with Crippen LogP contribution in [0, 0.1) is 0 Å². The lowest BCUT2D eigenvalue weighted by atomic mass is 10.2. The van der Waals surface area contributed by atoms with Crippen molar-refractivity contribution in [1.82, 2.24) is 0 Å². The van der Waals surface area contributed by atoms with Crippen molar-refractivity contribution in [3.05, 3.63) is 29.8 Å². The molecule has 1 atom stereocenters. The molecule has 0 amide bonds. The summed E-state index contributed by atoms with van der Waals surface area (Å²) in [4.78, 5) is 11.1. The Labute approximate surface area is 101 Å². The molecule has 0 saturated carbocycles. The fourth-order valence-electron chi connectivity index (χ4n) is 1.12. The first-order valence-electron chi connectivity index (χ1n) is 4.71. The summed E-state index contributed by atoms with van der Waals surface area (Å²) < 4.78 is 9.90. The van der Waals surface area contributed by atoms with Gasteiger partial charge in [-0.3, -0.25) is 0 Å². The van der Waals surface area contributed by atoms with E-state index in [1.165, 1.54) is 7.11 Å². The maximum atomic E-state index is 11.1. The van der Waals surface area contributed by atoms with E-state index in [-0.39, 0.29) is 12.4 Å². The van der Waals surface area contributed by atoms with E-state index in [1.54, 1.807) is 19.1 Å². The predicted octanol–water partition coefficient (Wildman–Crippen LogP) is 1.51. The second-order valence-electron chi connectivity index (χ2n) is 3.13. The first kappa shape index (κ1) is 14.7. The van der Waals surface area contributed by atoms with Crippen molar-refractivity contribution in [3.63, 3.8) is 0 Å². The molecule has 0 aliphatic heterocycles. The molecule has 1 aromatic rings. The number of methoxy groups -OCH3 is 1. The number of hydrogen-bond donors (Lipinski definition) is 1. The van der Waals surface area contributed by atoms with Gasteiger partial charge in [0.2, 0.25) is 0 Å². The molecule has 0 bridgehead atoms. The highest BCUT2D eigenvalue weighted by Crippen LogP contribution is 2.13. The van der Waals surface area contributed by atoms with E-state index < -0.39 is 12.1 Å². The highest BCUT2D eigenvalue weighted by molar-refractivity contribution is 5.85. The smallest absolute Gasteiger partial charge is 0.346 e. The summed E-state index contributed by atoms with van der Waals surface area (Å²) in [5, 5.41) is 0. The molecule has 0 heterocycles. The minimum atomic E-state index is -0.598. The molecule has 16 heavy (non-hydrogen) atoms. The van der Waals surface area contributed by atoms with Gasteiger partial charge in [-0.25, -0.2) is 4.79 Å². The number of nitrogens with two attached hydrogens (primary N) is 1. The van der Waals surface area contributed by atoms with Crippen LogP contribution < -0.4 is 10.5 Å². The number of hydrogen-bond acceptors (Lipinski definition) is 4. The molecule has 0 saturated heterocycles. The van der Waals surface area contributed by atoms with Crippen LogP contribution in [0.2, 0.25) is 0 Å². The predicted molar refractivity (Wildman–Crippen MR) is 63.7 cm³/mol. The van der Waals surface area contributed by atoms with Gasteiger partial charge in [0.15, 0.2) is 6.10 Å². The van der Waals surface area contributed by atoms with Crippen LogP contribution >= 0.6 is 12.4 Å². The van der Waals surface area contributed by atoms with E-state index >= 15 is 0 Å². The standard InChI is InChI=1S/C11H15NO3.ClH/c1-8(11(13)14-2)15-10-5-3-9(7-12)4-6-10;/h3-6,8H,7,12H2,1-2H3;1H. The van der Waals surface area contributed by atoms with Gasteiger partial charge in [-0.2, -0.15) is 0 Å². The molecule has 0 aliphatic carbocycles. The number of rotatable bonds is 4. The molecule has 2 N–H and O–H groups in total. The SMILES string of the molecule is COC(=O)C(C)Oc1ccc(CN)cc1.Cl. The molecule has 1 rings (SSSR count). The number of ether oxygens (including phenoxy) is 2. The van der Waals surface area contributed by atoms with E-state index in [2.05, 4.69) is 4.74 Å². The van der Waals surface area contributed by atoms with Crippen LogP contribution in [0.15, 0.2) is 24.3 Å². The van der Waals surface area contributed by atoms with E-state index in [4.69, 9.17) is 10.5 Å². The first-order chi connectivity index (χ1) is 7.17. The summed E-state index contributed by atoms with van der Waals surface area (Å²) >= 11 is 0. The van der Waals surface area contributed by atoms with Crippen molar-refractivity contribution >= 4 is 18.4 Å². The first-order valence-corrected chi connectivity index (χ1v) is 4.71. The number of esters is 1. The Morgan fingerprint density at radius 1 is 1.38 bits per heavy atom. The van der Waals surface area contributed by atoms with Crippen molar-refractivity contribution < 1.29 is 14.3 Å². The molecule has 0 aliphatic rings. The van der Waals surface area contributed by atoms with Gasteiger partial charge in [-0.1, -0.05) is 12.1 Å². The fourth-order valence-corrected chi connectivity index (χ4v) is 1.12. The Morgan fingerprint density at radius 3 is 2.38 bits per heavy atom. The molecule has 4 nitrogen and oxygen atoms in total. The second-order valence-corrected chi connectivity index (χ2v) is 3.13. The molecular formula is C11H16ClNO3. The number of halogens is 1. The van der Waals surface area contributed by atoms with Crippen LogP contribution in [0.25, 0.3) is 0 Å². The number of carbonyl (C=O) groups excluding carboxylic acids is 1. The summed E-state index contributed by atoms with van der Waals surface area (Å²) in [6.07, 6.45) is -0.598. The zero-order valence-electron chi connectivity index (χ0n) is 9.30. The summed E-state index contributed by atoms with van der Waals surface area (Å²) in [6, 6.07) is 7.28. The Morgan fingerprint density at radius 2 is 1.94 bits per heavy atom. The molecule has 1 aromatic carbocycles. The van der Waals surface area contributed by atoms with E-state index in [0.29, 0.717) is 12.3 Å². The normalized spacial score (nSPS) is 11.2. The third kappa shape index (κ3) is 4.08. The molecule has 0 spiro atoms. The van der Waals surface area contributed by atoms with Gasteiger partial charge in [0.1, 0.15) is 5.75 Å². The Hall–Kier alpha value is -1.26.